The summed E-state index contributed by atoms with van der Waals surface area (Å²) in [5, 5.41) is 0. The molecule has 0 bridgehead atoms. The van der Waals surface area contributed by atoms with Crippen LogP contribution in [0, 0.1) is 0 Å². The fourth-order valence-corrected chi connectivity index (χ4v) is 0.993. The lowest BCUT2D eigenvalue weighted by Crippen LogP contribution is -1.78. The maximum absolute atomic E-state index is 3.88. The van der Waals surface area contributed by atoms with E-state index in [9.17, 15) is 0 Å². The van der Waals surface area contributed by atoms with Gasteiger partial charge in [0.2, 0.25) is 0 Å². The van der Waals surface area contributed by atoms with Gasteiger partial charge in [0.1, 0.15) is 0 Å². The van der Waals surface area contributed by atoms with Gasteiger partial charge in [0.15, 0.2) is 0 Å². The van der Waals surface area contributed by atoms with Crippen LogP contribution in [-0.4, -0.2) is 6.72 Å². The fourth-order valence-electron chi connectivity index (χ4n) is 0.993. The van der Waals surface area contributed by atoms with Gasteiger partial charge in [0, 0.05) is 5.56 Å². The van der Waals surface area contributed by atoms with Crippen LogP contribution in [0.15, 0.2) is 48.5 Å². The zero-order chi connectivity index (χ0) is 8.97. The molecule has 0 aromatic heterocycles. The number of hydrogen-bond donors (Lipinski definition) is 0. The highest BCUT2D eigenvalue weighted by molar-refractivity contribution is 5.79. The number of nitrogens with zero attached hydrogens (tertiary/aromatic N) is 1. The van der Waals surface area contributed by atoms with Crippen LogP contribution in [0.3, 0.4) is 0 Å². The molecule has 0 aliphatic carbocycles. The molecule has 0 heterocycles. The zero-order valence-electron chi connectivity index (χ0n) is 6.96. The topological polar surface area (TPSA) is 12.4 Å². The first-order chi connectivity index (χ1) is 5.79. The van der Waals surface area contributed by atoms with Gasteiger partial charge in [-0.05, 0) is 18.4 Å². The molecule has 1 nitrogen and oxygen atoms in total. The summed E-state index contributed by atoms with van der Waals surface area (Å²) in [6.07, 6.45) is 1.71. The van der Waals surface area contributed by atoms with Crippen molar-refractivity contribution in [3.63, 3.8) is 0 Å². The zero-order valence-corrected chi connectivity index (χ0v) is 6.96. The predicted octanol–water partition coefficient (Wildman–Crippen LogP) is 3.22. The number of aliphatic imine (C=N–C) groups is 1. The number of hydrogen-bond acceptors (Lipinski definition) is 1. The third kappa shape index (κ3) is 1.51. The van der Waals surface area contributed by atoms with E-state index >= 15 is 0 Å². The summed E-state index contributed by atoms with van der Waals surface area (Å²) in [5.74, 6) is 0. The molecular weight excluding hydrogens is 146 g/mol. The normalized spacial score (nSPS) is 9.00. The standard InChI is InChI=1S/C11H11N/c1-4-9(2)10-7-5-6-8-11(10)12-3/h4-8H,1-3H2. The van der Waals surface area contributed by atoms with Crippen molar-refractivity contribution in [2.24, 2.45) is 4.99 Å². The van der Waals surface area contributed by atoms with Crippen LogP contribution in [0.4, 0.5) is 5.69 Å². The third-order valence-electron chi connectivity index (χ3n) is 1.67. The Balaban J connectivity index is 3.21. The molecule has 1 aromatic rings. The molecule has 0 aliphatic heterocycles. The summed E-state index contributed by atoms with van der Waals surface area (Å²) in [7, 11) is 0. The number of allylic oxidation sites excluding steroid dienone is 2. The molecule has 0 amide bonds. The Bertz CT molecular complexity index is 324. The lowest BCUT2D eigenvalue weighted by atomic mass is 10.1. The molecule has 1 aromatic carbocycles. The van der Waals surface area contributed by atoms with Gasteiger partial charge in [-0.3, -0.25) is 4.99 Å². The first-order valence-electron chi connectivity index (χ1n) is 3.67. The molecule has 0 saturated heterocycles. The van der Waals surface area contributed by atoms with Crippen molar-refractivity contribution < 1.29 is 0 Å². The Morgan fingerprint density at radius 3 is 2.58 bits per heavy atom. The number of benzene rings is 1. The maximum Gasteiger partial charge on any atom is 0.0700 e. The summed E-state index contributed by atoms with van der Waals surface area (Å²) in [6, 6.07) is 7.72. The fraction of sp³-hybridized carbons (Fsp3) is 0. The van der Waals surface area contributed by atoms with Gasteiger partial charge in [0.05, 0.1) is 5.69 Å². The van der Waals surface area contributed by atoms with Crippen LogP contribution < -0.4 is 0 Å². The van der Waals surface area contributed by atoms with Crippen LogP contribution in [0.25, 0.3) is 5.57 Å². The Morgan fingerprint density at radius 1 is 1.33 bits per heavy atom. The molecule has 0 saturated carbocycles. The molecule has 12 heavy (non-hydrogen) atoms. The maximum atomic E-state index is 3.88. The van der Waals surface area contributed by atoms with Gasteiger partial charge < -0.3 is 0 Å². The number of rotatable bonds is 3. The van der Waals surface area contributed by atoms with Crippen LogP contribution in [0.1, 0.15) is 5.56 Å². The van der Waals surface area contributed by atoms with Gasteiger partial charge >= 0.3 is 0 Å². The van der Waals surface area contributed by atoms with Crippen molar-refractivity contribution in [2.45, 2.75) is 0 Å². The molecule has 1 rings (SSSR count). The minimum Gasteiger partial charge on any atom is -0.264 e. The molecule has 0 unspecified atom stereocenters. The summed E-state index contributed by atoms with van der Waals surface area (Å²) < 4.78 is 0. The average Bonchev–Trinajstić information content (AvgIpc) is 2.16. The lowest BCUT2D eigenvalue weighted by molar-refractivity contribution is 1.51. The van der Waals surface area contributed by atoms with Crippen LogP contribution in [-0.2, 0) is 0 Å². The van der Waals surface area contributed by atoms with Gasteiger partial charge in [-0.1, -0.05) is 37.4 Å². The van der Waals surface area contributed by atoms with Crippen LogP contribution in [0.2, 0.25) is 0 Å². The van der Waals surface area contributed by atoms with Crippen molar-refractivity contribution in [2.75, 3.05) is 0 Å². The molecule has 0 radical (unpaired) electrons. The van der Waals surface area contributed by atoms with E-state index in [1.165, 1.54) is 0 Å². The molecule has 60 valence electrons. The molecule has 0 fully saturated rings. The van der Waals surface area contributed by atoms with Gasteiger partial charge in [0.25, 0.3) is 0 Å². The second-order valence-corrected chi connectivity index (χ2v) is 2.40. The van der Waals surface area contributed by atoms with E-state index in [-0.39, 0.29) is 0 Å². The Hall–Kier alpha value is -1.63. The molecular formula is C11H11N. The Labute approximate surface area is 72.8 Å². The van der Waals surface area contributed by atoms with E-state index in [2.05, 4.69) is 24.9 Å². The average molecular weight is 157 g/mol. The molecule has 0 spiro atoms. The van der Waals surface area contributed by atoms with Crippen LogP contribution in [0.5, 0.6) is 0 Å². The van der Waals surface area contributed by atoms with Crippen molar-refractivity contribution in [1.82, 2.24) is 0 Å². The van der Waals surface area contributed by atoms with Crippen molar-refractivity contribution in [1.29, 1.82) is 0 Å². The highest BCUT2D eigenvalue weighted by Crippen LogP contribution is 2.24. The third-order valence-corrected chi connectivity index (χ3v) is 1.67. The van der Waals surface area contributed by atoms with Gasteiger partial charge in [-0.15, -0.1) is 0 Å². The minimum absolute atomic E-state index is 0.849. The highest BCUT2D eigenvalue weighted by Gasteiger charge is 1.99. The second kappa shape index (κ2) is 3.67. The number of para-hydroxylation sites is 1. The molecule has 0 N–H and O–H groups in total. The Morgan fingerprint density at radius 2 is 2.00 bits per heavy atom. The monoisotopic (exact) mass is 157 g/mol. The molecule has 1 heteroatoms. The van der Waals surface area contributed by atoms with Crippen molar-refractivity contribution >= 4 is 18.0 Å². The summed E-state index contributed by atoms with van der Waals surface area (Å²) in [6.45, 7) is 11.0. The smallest absolute Gasteiger partial charge is 0.0700 e. The van der Waals surface area contributed by atoms with Crippen molar-refractivity contribution in [3.05, 3.63) is 49.1 Å². The minimum atomic E-state index is 0.849. The summed E-state index contributed by atoms with van der Waals surface area (Å²) in [5.41, 5.74) is 2.71. The van der Waals surface area contributed by atoms with E-state index in [1.807, 2.05) is 24.3 Å². The van der Waals surface area contributed by atoms with E-state index in [1.54, 1.807) is 6.08 Å². The summed E-state index contributed by atoms with van der Waals surface area (Å²) in [4.78, 5) is 3.88. The van der Waals surface area contributed by atoms with E-state index in [0.717, 1.165) is 16.8 Å². The largest absolute Gasteiger partial charge is 0.264 e. The second-order valence-electron chi connectivity index (χ2n) is 2.40. The SMILES string of the molecule is C=CC(=C)c1ccccc1N=C. The molecule has 0 atom stereocenters. The van der Waals surface area contributed by atoms with Crippen LogP contribution >= 0.6 is 0 Å². The predicted molar refractivity (Wildman–Crippen MR) is 54.9 cm³/mol. The van der Waals surface area contributed by atoms with E-state index < -0.39 is 0 Å². The first-order valence-corrected chi connectivity index (χ1v) is 3.67. The first kappa shape index (κ1) is 8.47. The molecule has 0 aliphatic rings. The van der Waals surface area contributed by atoms with E-state index in [0.29, 0.717) is 0 Å². The Kier molecular flexibility index (Phi) is 2.59. The van der Waals surface area contributed by atoms with E-state index in [4.69, 9.17) is 0 Å². The quantitative estimate of drug-likeness (QED) is 0.472. The lowest BCUT2D eigenvalue weighted by Gasteiger charge is -2.03. The summed E-state index contributed by atoms with van der Waals surface area (Å²) >= 11 is 0. The highest BCUT2D eigenvalue weighted by atomic mass is 14.7. The van der Waals surface area contributed by atoms with Gasteiger partial charge in [-0.2, -0.15) is 0 Å². The van der Waals surface area contributed by atoms with Crippen molar-refractivity contribution in [3.8, 4) is 0 Å². The van der Waals surface area contributed by atoms with Gasteiger partial charge in [-0.25, -0.2) is 0 Å².